The first-order chi connectivity index (χ1) is 4.22. The van der Waals surface area contributed by atoms with Crippen molar-refractivity contribution in [2.75, 3.05) is 13.7 Å². The first kappa shape index (κ1) is 8.43. The van der Waals surface area contributed by atoms with Gasteiger partial charge in [0.15, 0.2) is 0 Å². The fourth-order valence-electron chi connectivity index (χ4n) is 0.425. The molecule has 0 saturated carbocycles. The first-order valence-corrected chi connectivity index (χ1v) is 3.02. The summed E-state index contributed by atoms with van der Waals surface area (Å²) in [6.45, 7) is 4.25. The van der Waals surface area contributed by atoms with Crippen molar-refractivity contribution < 1.29 is 9.53 Å². The zero-order valence-corrected chi connectivity index (χ0v) is 6.10. The summed E-state index contributed by atoms with van der Waals surface area (Å²) in [6, 6.07) is 0. The monoisotopic (exact) mass is 131 g/mol. The van der Waals surface area contributed by atoms with Crippen LogP contribution in [0.25, 0.3) is 0 Å². The van der Waals surface area contributed by atoms with E-state index >= 15 is 0 Å². The zero-order valence-electron chi connectivity index (χ0n) is 6.10. The fraction of sp³-hybridized carbons (Fsp3) is 0.833. The Labute approximate surface area is 55.4 Å². The van der Waals surface area contributed by atoms with Crippen molar-refractivity contribution in [1.82, 2.24) is 5.32 Å². The van der Waals surface area contributed by atoms with Crippen molar-refractivity contribution >= 4 is 5.91 Å². The van der Waals surface area contributed by atoms with Crippen molar-refractivity contribution in [1.29, 1.82) is 0 Å². The number of rotatable bonds is 3. The molecule has 0 aromatic rings. The van der Waals surface area contributed by atoms with Gasteiger partial charge >= 0.3 is 0 Å². The minimum Gasteiger partial charge on any atom is -0.372 e. The average Bonchev–Trinajstić information content (AvgIpc) is 1.87. The van der Waals surface area contributed by atoms with Crippen LogP contribution < -0.4 is 5.32 Å². The maximum Gasteiger partial charge on any atom is 0.248 e. The Kier molecular flexibility index (Phi) is 4.05. The topological polar surface area (TPSA) is 38.3 Å². The van der Waals surface area contributed by atoms with E-state index < -0.39 is 0 Å². The molecule has 1 atom stereocenters. The molecular weight excluding hydrogens is 118 g/mol. The second kappa shape index (κ2) is 4.32. The summed E-state index contributed by atoms with van der Waals surface area (Å²) in [6.07, 6.45) is -0.329. The molecule has 0 aliphatic carbocycles. The molecule has 1 unspecified atom stereocenters. The largest absolute Gasteiger partial charge is 0.372 e. The molecule has 0 spiro atoms. The Morgan fingerprint density at radius 3 is 2.67 bits per heavy atom. The minimum absolute atomic E-state index is 0.0556. The van der Waals surface area contributed by atoms with E-state index in [0.29, 0.717) is 6.54 Å². The molecule has 1 amide bonds. The van der Waals surface area contributed by atoms with Crippen molar-refractivity contribution in [3.63, 3.8) is 0 Å². The van der Waals surface area contributed by atoms with Crippen LogP contribution in [0, 0.1) is 0 Å². The lowest BCUT2D eigenvalue weighted by atomic mass is 10.4. The molecule has 0 heterocycles. The number of methoxy groups -OCH3 is 1. The van der Waals surface area contributed by atoms with Gasteiger partial charge < -0.3 is 10.1 Å². The number of likely N-dealkylation sites (N-methyl/N-ethyl adjacent to an activating group) is 1. The van der Waals surface area contributed by atoms with Gasteiger partial charge in [-0.2, -0.15) is 0 Å². The standard InChI is InChI=1S/C6H13NO2/c1-4-7-6(8)5(2)9-3/h5H,4H2,1-3H3,(H,7,8). The van der Waals surface area contributed by atoms with E-state index in [-0.39, 0.29) is 12.0 Å². The van der Waals surface area contributed by atoms with Gasteiger partial charge in [-0.25, -0.2) is 0 Å². The highest BCUT2D eigenvalue weighted by molar-refractivity contribution is 5.80. The van der Waals surface area contributed by atoms with Crippen molar-refractivity contribution in [2.24, 2.45) is 0 Å². The van der Waals surface area contributed by atoms with E-state index in [4.69, 9.17) is 4.74 Å². The van der Waals surface area contributed by atoms with E-state index in [0.717, 1.165) is 0 Å². The number of nitrogens with one attached hydrogen (secondary N) is 1. The Balaban J connectivity index is 3.46. The molecule has 0 saturated heterocycles. The van der Waals surface area contributed by atoms with Crippen LogP contribution in [0.4, 0.5) is 0 Å². The smallest absolute Gasteiger partial charge is 0.248 e. The van der Waals surface area contributed by atoms with Crippen LogP contribution in [0.15, 0.2) is 0 Å². The summed E-state index contributed by atoms with van der Waals surface area (Å²) in [5.74, 6) is -0.0556. The third-order valence-corrected chi connectivity index (χ3v) is 1.07. The third kappa shape index (κ3) is 3.08. The van der Waals surface area contributed by atoms with Gasteiger partial charge in [-0.05, 0) is 13.8 Å². The molecular formula is C6H13NO2. The fourth-order valence-corrected chi connectivity index (χ4v) is 0.425. The molecule has 0 aliphatic heterocycles. The van der Waals surface area contributed by atoms with Gasteiger partial charge in [0.25, 0.3) is 0 Å². The quantitative estimate of drug-likeness (QED) is 0.592. The summed E-state index contributed by atoms with van der Waals surface area (Å²) in [7, 11) is 1.51. The van der Waals surface area contributed by atoms with Crippen LogP contribution >= 0.6 is 0 Å². The van der Waals surface area contributed by atoms with Crippen molar-refractivity contribution in [3.05, 3.63) is 0 Å². The molecule has 0 fully saturated rings. The van der Waals surface area contributed by atoms with E-state index in [9.17, 15) is 4.79 Å². The summed E-state index contributed by atoms with van der Waals surface area (Å²) in [5, 5.41) is 2.63. The zero-order chi connectivity index (χ0) is 7.28. The van der Waals surface area contributed by atoms with E-state index in [1.54, 1.807) is 6.92 Å². The van der Waals surface area contributed by atoms with Gasteiger partial charge in [0.1, 0.15) is 6.10 Å². The molecule has 0 aromatic carbocycles. The number of ether oxygens (including phenoxy) is 1. The van der Waals surface area contributed by atoms with Crippen LogP contribution in [0.5, 0.6) is 0 Å². The number of carbonyl (C=O) groups is 1. The van der Waals surface area contributed by atoms with Gasteiger partial charge in [-0.15, -0.1) is 0 Å². The second-order valence-electron chi connectivity index (χ2n) is 1.77. The van der Waals surface area contributed by atoms with Crippen molar-refractivity contribution in [3.8, 4) is 0 Å². The molecule has 0 radical (unpaired) electrons. The molecule has 0 rings (SSSR count). The third-order valence-electron chi connectivity index (χ3n) is 1.07. The second-order valence-corrected chi connectivity index (χ2v) is 1.77. The van der Waals surface area contributed by atoms with E-state index in [1.807, 2.05) is 6.92 Å². The van der Waals surface area contributed by atoms with Gasteiger partial charge in [-0.1, -0.05) is 0 Å². The Morgan fingerprint density at radius 1 is 1.78 bits per heavy atom. The van der Waals surface area contributed by atoms with Crippen LogP contribution in [-0.2, 0) is 9.53 Å². The summed E-state index contributed by atoms with van der Waals surface area (Å²) in [4.78, 5) is 10.7. The van der Waals surface area contributed by atoms with Crippen LogP contribution in [0.1, 0.15) is 13.8 Å². The Hall–Kier alpha value is -0.570. The Bertz CT molecular complexity index is 93.1. The molecule has 3 heteroatoms. The lowest BCUT2D eigenvalue weighted by Crippen LogP contribution is -2.33. The van der Waals surface area contributed by atoms with Gasteiger partial charge in [0.2, 0.25) is 5.91 Å². The van der Waals surface area contributed by atoms with Crippen LogP contribution in [-0.4, -0.2) is 25.7 Å². The molecule has 1 N–H and O–H groups in total. The highest BCUT2D eigenvalue weighted by Gasteiger charge is 2.08. The number of carbonyl (C=O) groups excluding carboxylic acids is 1. The average molecular weight is 131 g/mol. The van der Waals surface area contributed by atoms with Crippen LogP contribution in [0.3, 0.4) is 0 Å². The highest BCUT2D eigenvalue weighted by atomic mass is 16.5. The van der Waals surface area contributed by atoms with Gasteiger partial charge in [0, 0.05) is 13.7 Å². The molecule has 0 aliphatic rings. The highest BCUT2D eigenvalue weighted by Crippen LogP contribution is 1.84. The van der Waals surface area contributed by atoms with Gasteiger partial charge in [-0.3, -0.25) is 4.79 Å². The van der Waals surface area contributed by atoms with E-state index in [1.165, 1.54) is 7.11 Å². The first-order valence-electron chi connectivity index (χ1n) is 3.02. The molecule has 0 aromatic heterocycles. The lowest BCUT2D eigenvalue weighted by molar-refractivity contribution is -0.129. The summed E-state index contributed by atoms with van der Waals surface area (Å²) >= 11 is 0. The SMILES string of the molecule is CCNC(=O)C(C)OC. The molecule has 54 valence electrons. The minimum atomic E-state index is -0.329. The normalized spacial score (nSPS) is 12.8. The molecule has 9 heavy (non-hydrogen) atoms. The molecule has 3 nitrogen and oxygen atoms in total. The maximum atomic E-state index is 10.7. The summed E-state index contributed by atoms with van der Waals surface area (Å²) in [5.41, 5.74) is 0. The predicted octanol–water partition coefficient (Wildman–Crippen LogP) is 0.157. The molecule has 0 bridgehead atoms. The lowest BCUT2D eigenvalue weighted by Gasteiger charge is -2.07. The van der Waals surface area contributed by atoms with Crippen LogP contribution in [0.2, 0.25) is 0 Å². The summed E-state index contributed by atoms with van der Waals surface area (Å²) < 4.78 is 4.75. The van der Waals surface area contributed by atoms with Crippen molar-refractivity contribution in [2.45, 2.75) is 20.0 Å². The Morgan fingerprint density at radius 2 is 2.33 bits per heavy atom. The number of hydrogen-bond donors (Lipinski definition) is 1. The van der Waals surface area contributed by atoms with E-state index in [2.05, 4.69) is 5.32 Å². The number of amides is 1. The van der Waals surface area contributed by atoms with Gasteiger partial charge in [0.05, 0.1) is 0 Å². The maximum absolute atomic E-state index is 10.7. The number of hydrogen-bond acceptors (Lipinski definition) is 2. The predicted molar refractivity (Wildman–Crippen MR) is 35.2 cm³/mol.